The van der Waals surface area contributed by atoms with Crippen molar-refractivity contribution in [2.45, 2.75) is 13.5 Å². The fraction of sp³-hybridized carbons (Fsp3) is 0.154. The van der Waals surface area contributed by atoms with Crippen LogP contribution in [-0.2, 0) is 6.54 Å². The van der Waals surface area contributed by atoms with E-state index in [0.717, 1.165) is 17.7 Å². The Hall–Kier alpha value is -2.54. The lowest BCUT2D eigenvalue weighted by Crippen LogP contribution is -2.00. The van der Waals surface area contributed by atoms with Gasteiger partial charge in [0.25, 0.3) is 0 Å². The van der Waals surface area contributed by atoms with Crippen LogP contribution >= 0.6 is 0 Å². The van der Waals surface area contributed by atoms with E-state index in [4.69, 9.17) is 10.5 Å². The van der Waals surface area contributed by atoms with E-state index in [0.29, 0.717) is 12.1 Å². The van der Waals surface area contributed by atoms with E-state index in [-0.39, 0.29) is 11.6 Å². The average molecular weight is 277 g/mol. The quantitative estimate of drug-likeness (QED) is 0.685. The van der Waals surface area contributed by atoms with Crippen molar-refractivity contribution in [3.05, 3.63) is 57.5 Å². The van der Waals surface area contributed by atoms with Crippen molar-refractivity contribution in [3.8, 4) is 11.6 Å². The van der Waals surface area contributed by atoms with Gasteiger partial charge in [-0.3, -0.25) is 10.1 Å². The lowest BCUT2D eigenvalue weighted by molar-refractivity contribution is -0.385. The van der Waals surface area contributed by atoms with Crippen molar-refractivity contribution in [1.82, 2.24) is 4.98 Å². The number of hydrogen-bond donors (Lipinski definition) is 1. The minimum absolute atomic E-state index is 0.0625. The SMILES string of the molecule is Cc1cc(CN)cnc1Oc1ccc(F)cc1[N+](=O)[O-]. The van der Waals surface area contributed by atoms with Gasteiger partial charge in [-0.15, -0.1) is 0 Å². The third-order valence-corrected chi connectivity index (χ3v) is 2.65. The highest BCUT2D eigenvalue weighted by molar-refractivity contribution is 5.48. The molecule has 0 amide bonds. The predicted molar refractivity (Wildman–Crippen MR) is 70.0 cm³/mol. The second-order valence-electron chi connectivity index (χ2n) is 4.14. The van der Waals surface area contributed by atoms with E-state index >= 15 is 0 Å². The average Bonchev–Trinajstić information content (AvgIpc) is 2.42. The summed E-state index contributed by atoms with van der Waals surface area (Å²) in [5.74, 6) is -0.545. The first-order valence-electron chi connectivity index (χ1n) is 5.78. The summed E-state index contributed by atoms with van der Waals surface area (Å²) in [5, 5.41) is 10.9. The largest absolute Gasteiger partial charge is 0.432 e. The summed E-state index contributed by atoms with van der Waals surface area (Å²) in [7, 11) is 0. The first-order valence-corrected chi connectivity index (χ1v) is 5.78. The van der Waals surface area contributed by atoms with Crippen LogP contribution in [-0.4, -0.2) is 9.91 Å². The molecule has 2 rings (SSSR count). The number of hydrogen-bond acceptors (Lipinski definition) is 5. The van der Waals surface area contributed by atoms with Crippen LogP contribution < -0.4 is 10.5 Å². The van der Waals surface area contributed by atoms with E-state index < -0.39 is 16.4 Å². The smallest absolute Gasteiger partial charge is 0.314 e. The first-order chi connectivity index (χ1) is 9.51. The van der Waals surface area contributed by atoms with Crippen LogP contribution in [0.15, 0.2) is 30.5 Å². The monoisotopic (exact) mass is 277 g/mol. The normalized spacial score (nSPS) is 10.3. The minimum atomic E-state index is -0.706. The molecular weight excluding hydrogens is 265 g/mol. The number of pyridine rings is 1. The molecule has 0 unspecified atom stereocenters. The molecule has 0 saturated heterocycles. The van der Waals surface area contributed by atoms with Crippen molar-refractivity contribution in [3.63, 3.8) is 0 Å². The molecule has 6 nitrogen and oxygen atoms in total. The summed E-state index contributed by atoms with van der Waals surface area (Å²) in [6.45, 7) is 2.08. The number of aryl methyl sites for hydroxylation is 1. The zero-order valence-electron chi connectivity index (χ0n) is 10.7. The molecule has 1 aromatic carbocycles. The Morgan fingerprint density at radius 2 is 2.20 bits per heavy atom. The Morgan fingerprint density at radius 1 is 1.45 bits per heavy atom. The fourth-order valence-corrected chi connectivity index (χ4v) is 1.66. The number of ether oxygens (including phenoxy) is 1. The van der Waals surface area contributed by atoms with Gasteiger partial charge in [-0.25, -0.2) is 9.37 Å². The molecule has 2 aromatic rings. The summed E-state index contributed by atoms with van der Waals surface area (Å²) < 4.78 is 18.4. The van der Waals surface area contributed by atoms with Crippen LogP contribution in [0.2, 0.25) is 0 Å². The molecule has 0 bridgehead atoms. The van der Waals surface area contributed by atoms with Crippen LogP contribution in [0.1, 0.15) is 11.1 Å². The molecule has 20 heavy (non-hydrogen) atoms. The van der Waals surface area contributed by atoms with Crippen LogP contribution in [0.5, 0.6) is 11.6 Å². The molecule has 1 heterocycles. The van der Waals surface area contributed by atoms with Crippen LogP contribution in [0.25, 0.3) is 0 Å². The second kappa shape index (κ2) is 5.62. The van der Waals surface area contributed by atoms with E-state index in [9.17, 15) is 14.5 Å². The van der Waals surface area contributed by atoms with Crippen molar-refractivity contribution in [2.75, 3.05) is 0 Å². The van der Waals surface area contributed by atoms with Crippen molar-refractivity contribution >= 4 is 5.69 Å². The van der Waals surface area contributed by atoms with Gasteiger partial charge in [0, 0.05) is 18.3 Å². The molecule has 2 N–H and O–H groups in total. The molecule has 104 valence electrons. The molecule has 0 atom stereocenters. The Labute approximate surface area is 114 Å². The minimum Gasteiger partial charge on any atom is -0.432 e. The standard InChI is InChI=1S/C13H12FN3O3/c1-8-4-9(6-15)7-16-13(8)20-12-3-2-10(14)5-11(12)17(18)19/h2-5,7H,6,15H2,1H3. The number of nitrogens with zero attached hydrogens (tertiary/aromatic N) is 2. The number of rotatable bonds is 4. The molecule has 7 heteroatoms. The molecule has 0 radical (unpaired) electrons. The van der Waals surface area contributed by atoms with Crippen molar-refractivity contribution < 1.29 is 14.1 Å². The van der Waals surface area contributed by atoms with Crippen LogP contribution in [0, 0.1) is 22.9 Å². The number of benzene rings is 1. The number of nitrogens with two attached hydrogens (primary N) is 1. The van der Waals surface area contributed by atoms with Crippen molar-refractivity contribution in [2.24, 2.45) is 5.73 Å². The van der Waals surface area contributed by atoms with E-state index in [2.05, 4.69) is 4.98 Å². The fourth-order valence-electron chi connectivity index (χ4n) is 1.66. The highest BCUT2D eigenvalue weighted by Crippen LogP contribution is 2.32. The molecule has 0 fully saturated rings. The molecule has 0 aliphatic rings. The predicted octanol–water partition coefficient (Wildman–Crippen LogP) is 2.69. The van der Waals surface area contributed by atoms with Gasteiger partial charge >= 0.3 is 5.69 Å². The molecule has 1 aromatic heterocycles. The van der Waals surface area contributed by atoms with Crippen LogP contribution in [0.4, 0.5) is 10.1 Å². The summed E-state index contributed by atoms with van der Waals surface area (Å²) in [6.07, 6.45) is 1.53. The van der Waals surface area contributed by atoms with E-state index in [1.165, 1.54) is 12.3 Å². The van der Waals surface area contributed by atoms with Gasteiger partial charge in [0.05, 0.1) is 11.0 Å². The van der Waals surface area contributed by atoms with Gasteiger partial charge in [0.1, 0.15) is 5.82 Å². The lowest BCUT2D eigenvalue weighted by atomic mass is 10.2. The summed E-state index contributed by atoms with van der Waals surface area (Å²) >= 11 is 0. The molecule has 0 saturated carbocycles. The Balaban J connectivity index is 2.37. The van der Waals surface area contributed by atoms with Gasteiger partial charge in [0.15, 0.2) is 0 Å². The Bertz CT molecular complexity index is 661. The first kappa shape index (κ1) is 13.9. The topological polar surface area (TPSA) is 91.3 Å². The zero-order valence-corrected chi connectivity index (χ0v) is 10.7. The van der Waals surface area contributed by atoms with Crippen molar-refractivity contribution in [1.29, 1.82) is 0 Å². The summed E-state index contributed by atoms with van der Waals surface area (Å²) in [6, 6.07) is 4.87. The molecule has 0 spiro atoms. The maximum absolute atomic E-state index is 13.0. The Morgan fingerprint density at radius 3 is 2.80 bits per heavy atom. The second-order valence-corrected chi connectivity index (χ2v) is 4.14. The highest BCUT2D eigenvalue weighted by atomic mass is 19.1. The van der Waals surface area contributed by atoms with Gasteiger partial charge < -0.3 is 10.5 Å². The number of halogens is 1. The maximum atomic E-state index is 13.0. The molecule has 0 aliphatic heterocycles. The summed E-state index contributed by atoms with van der Waals surface area (Å²) in [5.41, 5.74) is 6.55. The number of nitro benzene ring substituents is 1. The number of aromatic nitrogens is 1. The highest BCUT2D eigenvalue weighted by Gasteiger charge is 2.18. The lowest BCUT2D eigenvalue weighted by Gasteiger charge is -2.08. The van der Waals surface area contributed by atoms with Gasteiger partial charge in [-0.2, -0.15) is 0 Å². The van der Waals surface area contributed by atoms with E-state index in [1.807, 2.05) is 0 Å². The van der Waals surface area contributed by atoms with E-state index in [1.54, 1.807) is 13.0 Å². The number of nitro groups is 1. The van der Waals surface area contributed by atoms with Gasteiger partial charge in [0.2, 0.25) is 11.6 Å². The summed E-state index contributed by atoms with van der Waals surface area (Å²) in [4.78, 5) is 14.2. The van der Waals surface area contributed by atoms with Crippen LogP contribution in [0.3, 0.4) is 0 Å². The zero-order chi connectivity index (χ0) is 14.7. The third-order valence-electron chi connectivity index (χ3n) is 2.65. The third kappa shape index (κ3) is 2.89. The molecular formula is C13H12FN3O3. The maximum Gasteiger partial charge on any atom is 0.314 e. The van der Waals surface area contributed by atoms with Gasteiger partial charge in [-0.1, -0.05) is 0 Å². The van der Waals surface area contributed by atoms with Gasteiger partial charge in [-0.05, 0) is 30.7 Å². The molecule has 0 aliphatic carbocycles. The Kier molecular flexibility index (Phi) is 3.90.